The van der Waals surface area contributed by atoms with Crippen LogP contribution in [0.2, 0.25) is 0 Å². The average molecular weight is 388 g/mol. The second-order valence-electron chi connectivity index (χ2n) is 7.79. The molecule has 0 aliphatic carbocycles. The number of ether oxygens (including phenoxy) is 2. The molecule has 0 unspecified atom stereocenters. The summed E-state index contributed by atoms with van der Waals surface area (Å²) < 4.78 is 45.9. The van der Waals surface area contributed by atoms with Crippen molar-refractivity contribution < 1.29 is 27.4 Å². The highest BCUT2D eigenvalue weighted by Gasteiger charge is 2.31. The van der Waals surface area contributed by atoms with Crippen LogP contribution in [0, 0.1) is 0 Å². The van der Waals surface area contributed by atoms with Gasteiger partial charge in [0.15, 0.2) is 0 Å². The van der Waals surface area contributed by atoms with Crippen LogP contribution in [0.25, 0.3) is 0 Å². The maximum Gasteiger partial charge on any atom is 0.573 e. The van der Waals surface area contributed by atoms with Crippen molar-refractivity contribution in [3.05, 3.63) is 29.8 Å². The van der Waals surface area contributed by atoms with E-state index in [1.807, 2.05) is 20.8 Å². The Bertz CT molecular complexity index is 619. The predicted octanol–water partition coefficient (Wildman–Crippen LogP) is 4.42. The topological polar surface area (TPSA) is 42.0 Å². The van der Waals surface area contributed by atoms with E-state index in [0.29, 0.717) is 6.54 Å². The van der Waals surface area contributed by atoms with Gasteiger partial charge in [-0.05, 0) is 51.3 Å². The molecule has 1 aliphatic heterocycles. The van der Waals surface area contributed by atoms with Gasteiger partial charge < -0.3 is 14.4 Å². The number of nitrogens with zero attached hydrogens (tertiary/aromatic N) is 2. The van der Waals surface area contributed by atoms with Crippen LogP contribution in [-0.2, 0) is 11.3 Å². The van der Waals surface area contributed by atoms with Gasteiger partial charge in [-0.1, -0.05) is 12.1 Å². The Kier molecular flexibility index (Phi) is 6.62. The third-order valence-electron chi connectivity index (χ3n) is 4.35. The lowest BCUT2D eigenvalue weighted by Gasteiger charge is -2.37. The first-order valence-corrected chi connectivity index (χ1v) is 8.96. The lowest BCUT2D eigenvalue weighted by Crippen LogP contribution is -2.46. The quantitative estimate of drug-likeness (QED) is 0.766. The molecule has 0 bridgehead atoms. The van der Waals surface area contributed by atoms with Gasteiger partial charge in [0.25, 0.3) is 0 Å². The van der Waals surface area contributed by atoms with E-state index in [1.165, 1.54) is 12.1 Å². The molecule has 1 fully saturated rings. The fourth-order valence-corrected chi connectivity index (χ4v) is 3.00. The smallest absolute Gasteiger partial charge is 0.444 e. The summed E-state index contributed by atoms with van der Waals surface area (Å²) in [4.78, 5) is 16.0. The van der Waals surface area contributed by atoms with Gasteiger partial charge in [0.05, 0.1) is 0 Å². The van der Waals surface area contributed by atoms with Gasteiger partial charge in [-0.25, -0.2) is 4.79 Å². The van der Waals surface area contributed by atoms with Crippen LogP contribution in [-0.4, -0.2) is 54.0 Å². The van der Waals surface area contributed by atoms with Crippen LogP contribution >= 0.6 is 0 Å². The van der Waals surface area contributed by atoms with Crippen molar-refractivity contribution in [3.63, 3.8) is 0 Å². The first kappa shape index (κ1) is 21.3. The van der Waals surface area contributed by atoms with Crippen LogP contribution in [0.5, 0.6) is 5.75 Å². The second kappa shape index (κ2) is 8.37. The standard InChI is InChI=1S/C19H27F3N2O3/c1-18(2,3)27-17(25)23(4)15-9-11-24(12-10-15)13-14-5-7-16(8-6-14)26-19(20,21)22/h5-8,15H,9-13H2,1-4H3. The molecule has 1 aliphatic rings. The van der Waals surface area contributed by atoms with E-state index in [0.717, 1.165) is 31.5 Å². The highest BCUT2D eigenvalue weighted by Crippen LogP contribution is 2.24. The fourth-order valence-electron chi connectivity index (χ4n) is 3.00. The van der Waals surface area contributed by atoms with E-state index >= 15 is 0 Å². The molecule has 1 amide bonds. The third kappa shape index (κ3) is 7.28. The molecule has 27 heavy (non-hydrogen) atoms. The summed E-state index contributed by atoms with van der Waals surface area (Å²) in [5, 5.41) is 0. The first-order valence-electron chi connectivity index (χ1n) is 8.96. The average Bonchev–Trinajstić information content (AvgIpc) is 2.54. The number of amides is 1. The predicted molar refractivity (Wildman–Crippen MR) is 95.4 cm³/mol. The van der Waals surface area contributed by atoms with Gasteiger partial charge in [-0.15, -0.1) is 13.2 Å². The largest absolute Gasteiger partial charge is 0.573 e. The maximum absolute atomic E-state index is 12.2. The second-order valence-corrected chi connectivity index (χ2v) is 7.79. The Morgan fingerprint density at radius 1 is 1.15 bits per heavy atom. The van der Waals surface area contributed by atoms with Crippen LogP contribution < -0.4 is 4.74 Å². The molecule has 0 saturated carbocycles. The fraction of sp³-hybridized carbons (Fsp3) is 0.632. The lowest BCUT2D eigenvalue weighted by atomic mass is 10.0. The van der Waals surface area contributed by atoms with Gasteiger partial charge in [-0.2, -0.15) is 0 Å². The molecule has 1 saturated heterocycles. The highest BCUT2D eigenvalue weighted by molar-refractivity contribution is 5.68. The van der Waals surface area contributed by atoms with E-state index < -0.39 is 12.0 Å². The van der Waals surface area contributed by atoms with Gasteiger partial charge >= 0.3 is 12.5 Å². The van der Waals surface area contributed by atoms with Gasteiger partial charge in [0.1, 0.15) is 11.4 Å². The summed E-state index contributed by atoms with van der Waals surface area (Å²) in [7, 11) is 1.76. The number of hydrogen-bond donors (Lipinski definition) is 0. The van der Waals surface area contributed by atoms with Gasteiger partial charge in [0.2, 0.25) is 0 Å². The molecule has 0 spiro atoms. The summed E-state index contributed by atoms with van der Waals surface area (Å²) >= 11 is 0. The zero-order chi connectivity index (χ0) is 20.2. The summed E-state index contributed by atoms with van der Waals surface area (Å²) in [6, 6.07) is 6.05. The third-order valence-corrected chi connectivity index (χ3v) is 4.35. The van der Waals surface area contributed by atoms with Crippen molar-refractivity contribution in [1.82, 2.24) is 9.80 Å². The molecule has 0 N–H and O–H groups in total. The van der Waals surface area contributed by atoms with E-state index in [9.17, 15) is 18.0 Å². The number of likely N-dealkylation sites (tertiary alicyclic amines) is 1. The number of carbonyl (C=O) groups excluding carboxylic acids is 1. The molecule has 2 rings (SSSR count). The molecule has 1 aromatic rings. The van der Waals surface area contributed by atoms with Crippen molar-refractivity contribution in [2.45, 2.75) is 58.2 Å². The molecule has 8 heteroatoms. The van der Waals surface area contributed by atoms with Crippen LogP contribution in [0.15, 0.2) is 24.3 Å². The van der Waals surface area contributed by atoms with Crippen molar-refractivity contribution in [2.75, 3.05) is 20.1 Å². The molecule has 152 valence electrons. The van der Waals surface area contributed by atoms with Crippen molar-refractivity contribution in [3.8, 4) is 5.75 Å². The number of piperidine rings is 1. The maximum atomic E-state index is 12.2. The number of alkyl halides is 3. The minimum Gasteiger partial charge on any atom is -0.444 e. The lowest BCUT2D eigenvalue weighted by molar-refractivity contribution is -0.274. The van der Waals surface area contributed by atoms with E-state index in [-0.39, 0.29) is 17.9 Å². The molecule has 1 heterocycles. The minimum atomic E-state index is -4.68. The zero-order valence-corrected chi connectivity index (χ0v) is 16.2. The van der Waals surface area contributed by atoms with Crippen molar-refractivity contribution in [2.24, 2.45) is 0 Å². The number of hydrogen-bond acceptors (Lipinski definition) is 4. The van der Waals surface area contributed by atoms with E-state index in [1.54, 1.807) is 24.1 Å². The Morgan fingerprint density at radius 3 is 2.19 bits per heavy atom. The van der Waals surface area contributed by atoms with Gasteiger partial charge in [-0.3, -0.25) is 4.90 Å². The van der Waals surface area contributed by atoms with Gasteiger partial charge in [0, 0.05) is 32.7 Å². The number of benzene rings is 1. The Balaban J connectivity index is 1.81. The SMILES string of the molecule is CN(C(=O)OC(C)(C)C)C1CCN(Cc2ccc(OC(F)(F)F)cc2)CC1. The van der Waals surface area contributed by atoms with E-state index in [2.05, 4.69) is 9.64 Å². The highest BCUT2D eigenvalue weighted by atomic mass is 19.4. The Morgan fingerprint density at radius 2 is 1.70 bits per heavy atom. The molecule has 1 aromatic carbocycles. The summed E-state index contributed by atoms with van der Waals surface area (Å²) in [5.41, 5.74) is 0.400. The van der Waals surface area contributed by atoms with E-state index in [4.69, 9.17) is 4.74 Å². The zero-order valence-electron chi connectivity index (χ0n) is 16.2. The summed E-state index contributed by atoms with van der Waals surface area (Å²) in [6.45, 7) is 7.78. The molecular formula is C19H27F3N2O3. The monoisotopic (exact) mass is 388 g/mol. The molecule has 0 aromatic heterocycles. The summed E-state index contributed by atoms with van der Waals surface area (Å²) in [5.74, 6) is -0.219. The number of halogens is 3. The van der Waals surface area contributed by atoms with Crippen molar-refractivity contribution >= 4 is 6.09 Å². The Labute approximate surface area is 158 Å². The Hall–Kier alpha value is -1.96. The van der Waals surface area contributed by atoms with Crippen molar-refractivity contribution in [1.29, 1.82) is 0 Å². The molecule has 0 atom stereocenters. The first-order chi connectivity index (χ1) is 12.4. The normalized spacial score (nSPS) is 16.9. The minimum absolute atomic E-state index is 0.124. The molecular weight excluding hydrogens is 361 g/mol. The number of rotatable bonds is 4. The summed E-state index contributed by atoms with van der Waals surface area (Å²) in [6.07, 6.45) is -3.35. The number of carbonyl (C=O) groups is 1. The molecule has 0 radical (unpaired) electrons. The molecule has 5 nitrogen and oxygen atoms in total. The van der Waals surface area contributed by atoms with Crippen LogP contribution in [0.3, 0.4) is 0 Å². The van der Waals surface area contributed by atoms with Crippen LogP contribution in [0.1, 0.15) is 39.2 Å². The van der Waals surface area contributed by atoms with Crippen LogP contribution in [0.4, 0.5) is 18.0 Å².